The lowest BCUT2D eigenvalue weighted by Crippen LogP contribution is -2.53. The minimum Gasteiger partial charge on any atom is -0.497 e. The second-order valence-corrected chi connectivity index (χ2v) is 6.94. The van der Waals surface area contributed by atoms with Crippen LogP contribution in [0.4, 0.5) is 5.69 Å². The number of hydrogen-bond donors (Lipinski definition) is 0. The zero-order valence-corrected chi connectivity index (χ0v) is 16.6. The summed E-state index contributed by atoms with van der Waals surface area (Å²) in [4.78, 5) is 53.6. The van der Waals surface area contributed by atoms with E-state index in [9.17, 15) is 19.2 Å². The summed E-state index contributed by atoms with van der Waals surface area (Å²) in [6.45, 7) is 3.28. The predicted molar refractivity (Wildman–Crippen MR) is 103 cm³/mol. The smallest absolute Gasteiger partial charge is 0.397 e. The first kappa shape index (κ1) is 20.6. The van der Waals surface area contributed by atoms with Crippen LogP contribution >= 0.6 is 0 Å². The Morgan fingerprint density at radius 3 is 2.45 bits per heavy atom. The molecule has 2 aliphatic rings. The van der Waals surface area contributed by atoms with Gasteiger partial charge in [-0.3, -0.25) is 14.4 Å². The molecule has 2 heterocycles. The van der Waals surface area contributed by atoms with E-state index in [1.807, 2.05) is 6.07 Å². The molecule has 9 heteroatoms. The second kappa shape index (κ2) is 8.93. The number of nitrogens with zero attached hydrogens (tertiary/aromatic N) is 3. The highest BCUT2D eigenvalue weighted by molar-refractivity contribution is 6.32. The lowest BCUT2D eigenvalue weighted by molar-refractivity contribution is -0.161. The van der Waals surface area contributed by atoms with E-state index in [1.54, 1.807) is 42.0 Å². The van der Waals surface area contributed by atoms with Crippen LogP contribution in [0.2, 0.25) is 0 Å². The molecule has 9 nitrogen and oxygen atoms in total. The fourth-order valence-electron chi connectivity index (χ4n) is 3.61. The van der Waals surface area contributed by atoms with Gasteiger partial charge in [0, 0.05) is 50.9 Å². The number of piperazine rings is 1. The maximum atomic E-state index is 12.9. The molecule has 2 fully saturated rings. The van der Waals surface area contributed by atoms with Crippen LogP contribution in [-0.2, 0) is 23.9 Å². The van der Waals surface area contributed by atoms with Crippen molar-refractivity contribution in [3.63, 3.8) is 0 Å². The van der Waals surface area contributed by atoms with Crippen molar-refractivity contribution in [3.05, 3.63) is 24.3 Å². The largest absolute Gasteiger partial charge is 0.497 e. The molecule has 0 aromatic heterocycles. The molecule has 1 aromatic carbocycles. The third kappa shape index (κ3) is 4.49. The third-order valence-electron chi connectivity index (χ3n) is 5.17. The van der Waals surface area contributed by atoms with Crippen LogP contribution in [-0.4, -0.2) is 79.9 Å². The Morgan fingerprint density at radius 1 is 1.10 bits per heavy atom. The topological polar surface area (TPSA) is 96.5 Å². The summed E-state index contributed by atoms with van der Waals surface area (Å²) in [5, 5.41) is 0. The van der Waals surface area contributed by atoms with Gasteiger partial charge >= 0.3 is 11.9 Å². The number of carbonyl (C=O) groups excluding carboxylic acids is 4. The van der Waals surface area contributed by atoms with Crippen LogP contribution in [0.1, 0.15) is 13.3 Å². The summed E-state index contributed by atoms with van der Waals surface area (Å²) in [6.07, 6.45) is 0.151. The normalized spacial score (nSPS) is 19.3. The van der Waals surface area contributed by atoms with Gasteiger partial charge in [0.05, 0.1) is 19.6 Å². The number of amides is 3. The van der Waals surface area contributed by atoms with Gasteiger partial charge in [-0.2, -0.15) is 0 Å². The number of methoxy groups -OCH3 is 1. The quantitative estimate of drug-likeness (QED) is 0.529. The summed E-state index contributed by atoms with van der Waals surface area (Å²) in [5.74, 6) is -1.55. The first-order chi connectivity index (χ1) is 13.9. The maximum Gasteiger partial charge on any atom is 0.397 e. The molecule has 0 aliphatic carbocycles. The molecule has 1 unspecified atom stereocenters. The van der Waals surface area contributed by atoms with Crippen molar-refractivity contribution in [1.29, 1.82) is 0 Å². The number of rotatable bonds is 4. The van der Waals surface area contributed by atoms with Crippen LogP contribution in [0.3, 0.4) is 0 Å². The van der Waals surface area contributed by atoms with Crippen LogP contribution in [0.5, 0.6) is 5.75 Å². The van der Waals surface area contributed by atoms with E-state index in [-0.39, 0.29) is 37.9 Å². The van der Waals surface area contributed by atoms with Gasteiger partial charge in [0.2, 0.25) is 11.8 Å². The van der Waals surface area contributed by atoms with E-state index in [4.69, 9.17) is 9.47 Å². The highest BCUT2D eigenvalue weighted by Gasteiger charge is 2.38. The SMILES string of the molecule is CCOC(=O)C(=O)N1CCN(C(=O)C2CC(=O)N(c3cccc(OC)c3)C2)CC1. The fourth-order valence-corrected chi connectivity index (χ4v) is 3.61. The molecule has 0 bridgehead atoms. The molecule has 0 spiro atoms. The molecule has 2 saturated heterocycles. The Morgan fingerprint density at radius 2 is 1.79 bits per heavy atom. The van der Waals surface area contributed by atoms with Gasteiger partial charge in [-0.05, 0) is 19.1 Å². The van der Waals surface area contributed by atoms with Crippen LogP contribution < -0.4 is 9.64 Å². The summed E-state index contributed by atoms with van der Waals surface area (Å²) in [5.41, 5.74) is 0.703. The lowest BCUT2D eigenvalue weighted by Gasteiger charge is -2.35. The number of anilines is 1. The molecule has 0 radical (unpaired) electrons. The van der Waals surface area contributed by atoms with Crippen molar-refractivity contribution in [2.24, 2.45) is 5.92 Å². The predicted octanol–water partition coefficient (Wildman–Crippen LogP) is 0.282. The molecule has 3 rings (SSSR count). The Bertz CT molecular complexity index is 803. The molecular weight excluding hydrogens is 378 g/mol. The molecule has 3 amide bonds. The fraction of sp³-hybridized carbons (Fsp3) is 0.500. The summed E-state index contributed by atoms with van der Waals surface area (Å²) < 4.78 is 9.93. The third-order valence-corrected chi connectivity index (χ3v) is 5.17. The molecular formula is C20H25N3O6. The average molecular weight is 403 g/mol. The van der Waals surface area contributed by atoms with Gasteiger partial charge in [-0.25, -0.2) is 4.79 Å². The Balaban J connectivity index is 1.57. The highest BCUT2D eigenvalue weighted by atomic mass is 16.5. The van der Waals surface area contributed by atoms with Gasteiger partial charge in [-0.15, -0.1) is 0 Å². The molecule has 1 atom stereocenters. The van der Waals surface area contributed by atoms with Crippen LogP contribution in [0.15, 0.2) is 24.3 Å². The maximum absolute atomic E-state index is 12.9. The van der Waals surface area contributed by atoms with Crippen LogP contribution in [0, 0.1) is 5.92 Å². The minimum absolute atomic E-state index is 0.104. The first-order valence-corrected chi connectivity index (χ1v) is 9.63. The van der Waals surface area contributed by atoms with Crippen molar-refractivity contribution in [1.82, 2.24) is 9.80 Å². The molecule has 0 saturated carbocycles. The molecule has 2 aliphatic heterocycles. The zero-order valence-electron chi connectivity index (χ0n) is 16.6. The average Bonchev–Trinajstić information content (AvgIpc) is 3.14. The van der Waals surface area contributed by atoms with Crippen LogP contribution in [0.25, 0.3) is 0 Å². The molecule has 1 aromatic rings. The summed E-state index contributed by atoms with van der Waals surface area (Å²) in [7, 11) is 1.56. The van der Waals surface area contributed by atoms with Crippen molar-refractivity contribution in [2.45, 2.75) is 13.3 Å². The van der Waals surface area contributed by atoms with E-state index in [0.717, 1.165) is 0 Å². The van der Waals surface area contributed by atoms with E-state index >= 15 is 0 Å². The van der Waals surface area contributed by atoms with Crippen molar-refractivity contribution >= 4 is 29.4 Å². The number of ether oxygens (including phenoxy) is 2. The molecule has 156 valence electrons. The lowest BCUT2D eigenvalue weighted by atomic mass is 10.1. The molecule has 29 heavy (non-hydrogen) atoms. The van der Waals surface area contributed by atoms with Gasteiger partial charge < -0.3 is 24.2 Å². The van der Waals surface area contributed by atoms with Crippen molar-refractivity contribution < 1.29 is 28.7 Å². The van der Waals surface area contributed by atoms with Crippen molar-refractivity contribution in [3.8, 4) is 5.75 Å². The Kier molecular flexibility index (Phi) is 6.36. The first-order valence-electron chi connectivity index (χ1n) is 9.63. The van der Waals surface area contributed by atoms with Crippen molar-refractivity contribution in [2.75, 3.05) is 51.3 Å². The number of hydrogen-bond acceptors (Lipinski definition) is 6. The Labute approximate surface area is 169 Å². The van der Waals surface area contributed by atoms with E-state index in [0.29, 0.717) is 31.1 Å². The summed E-state index contributed by atoms with van der Waals surface area (Å²) in [6, 6.07) is 7.18. The zero-order chi connectivity index (χ0) is 21.0. The molecule has 0 N–H and O–H groups in total. The summed E-state index contributed by atoms with van der Waals surface area (Å²) >= 11 is 0. The number of esters is 1. The van der Waals surface area contributed by atoms with E-state index < -0.39 is 17.8 Å². The highest BCUT2D eigenvalue weighted by Crippen LogP contribution is 2.29. The van der Waals surface area contributed by atoms with E-state index in [2.05, 4.69) is 0 Å². The van der Waals surface area contributed by atoms with E-state index in [1.165, 1.54) is 4.90 Å². The number of benzene rings is 1. The second-order valence-electron chi connectivity index (χ2n) is 6.94. The monoisotopic (exact) mass is 403 g/mol. The van der Waals surface area contributed by atoms with Gasteiger partial charge in [0.25, 0.3) is 0 Å². The standard InChI is InChI=1S/C20H25N3O6/c1-3-29-20(27)19(26)22-9-7-21(8-10-22)18(25)14-11-17(24)23(13-14)15-5-4-6-16(12-15)28-2/h4-6,12,14H,3,7-11,13H2,1-2H3. The van der Waals surface area contributed by atoms with Gasteiger partial charge in [-0.1, -0.05) is 6.07 Å². The number of carbonyl (C=O) groups is 4. The van der Waals surface area contributed by atoms with Gasteiger partial charge in [0.15, 0.2) is 0 Å². The van der Waals surface area contributed by atoms with Gasteiger partial charge in [0.1, 0.15) is 5.75 Å². The minimum atomic E-state index is -0.873. The Hall–Kier alpha value is -3.10.